The van der Waals surface area contributed by atoms with Gasteiger partial charge < -0.3 is 9.88 Å². The molecular formula is C17H25N3. The number of nitrogens with one attached hydrogen (secondary N) is 1. The van der Waals surface area contributed by atoms with Crippen molar-refractivity contribution in [2.45, 2.75) is 47.7 Å². The van der Waals surface area contributed by atoms with Crippen molar-refractivity contribution < 1.29 is 0 Å². The van der Waals surface area contributed by atoms with E-state index in [1.54, 1.807) is 0 Å². The van der Waals surface area contributed by atoms with Gasteiger partial charge in [0, 0.05) is 19.3 Å². The number of aromatic nitrogens is 2. The van der Waals surface area contributed by atoms with Gasteiger partial charge in [0.15, 0.2) is 0 Å². The lowest BCUT2D eigenvalue weighted by Gasteiger charge is -2.15. The van der Waals surface area contributed by atoms with Crippen LogP contribution >= 0.6 is 0 Å². The second kappa shape index (κ2) is 6.23. The van der Waals surface area contributed by atoms with Crippen molar-refractivity contribution in [2.75, 3.05) is 6.54 Å². The molecule has 3 heteroatoms. The number of rotatable bonds is 5. The first kappa shape index (κ1) is 14.8. The molecule has 0 unspecified atom stereocenters. The maximum Gasteiger partial charge on any atom is 0.106 e. The minimum Gasteiger partial charge on any atom is -0.327 e. The molecule has 0 spiro atoms. The summed E-state index contributed by atoms with van der Waals surface area (Å²) in [6, 6.07) is 4.52. The smallest absolute Gasteiger partial charge is 0.106 e. The Morgan fingerprint density at radius 2 is 1.75 bits per heavy atom. The SMILES string of the molecule is CCNCc1cnc(C)n1Cc1c(C)cc(C)cc1C. The maximum absolute atomic E-state index is 4.47. The van der Waals surface area contributed by atoms with E-state index in [0.717, 1.165) is 25.5 Å². The summed E-state index contributed by atoms with van der Waals surface area (Å²) < 4.78 is 2.31. The topological polar surface area (TPSA) is 29.9 Å². The highest BCUT2D eigenvalue weighted by Gasteiger charge is 2.10. The van der Waals surface area contributed by atoms with E-state index in [-0.39, 0.29) is 0 Å². The second-order valence-electron chi connectivity index (χ2n) is 5.54. The zero-order valence-corrected chi connectivity index (χ0v) is 13.2. The molecule has 0 amide bonds. The lowest BCUT2D eigenvalue weighted by Crippen LogP contribution is -2.17. The molecule has 1 N–H and O–H groups in total. The number of nitrogens with zero attached hydrogens (tertiary/aromatic N) is 2. The molecule has 0 aliphatic rings. The summed E-state index contributed by atoms with van der Waals surface area (Å²) in [7, 11) is 0. The molecule has 0 aliphatic heterocycles. The van der Waals surface area contributed by atoms with Gasteiger partial charge in [-0.3, -0.25) is 0 Å². The zero-order valence-electron chi connectivity index (χ0n) is 13.2. The van der Waals surface area contributed by atoms with Gasteiger partial charge in [-0.2, -0.15) is 0 Å². The minimum atomic E-state index is 0.876. The molecule has 0 saturated carbocycles. The van der Waals surface area contributed by atoms with Gasteiger partial charge in [-0.15, -0.1) is 0 Å². The van der Waals surface area contributed by atoms with E-state index >= 15 is 0 Å². The van der Waals surface area contributed by atoms with Crippen LogP contribution in [0.5, 0.6) is 0 Å². The summed E-state index contributed by atoms with van der Waals surface area (Å²) in [5.41, 5.74) is 6.73. The van der Waals surface area contributed by atoms with E-state index in [0.29, 0.717) is 0 Å². The quantitative estimate of drug-likeness (QED) is 0.904. The van der Waals surface area contributed by atoms with Crippen LogP contribution in [0.4, 0.5) is 0 Å². The van der Waals surface area contributed by atoms with Crippen LogP contribution in [-0.4, -0.2) is 16.1 Å². The first-order valence-corrected chi connectivity index (χ1v) is 7.31. The summed E-state index contributed by atoms with van der Waals surface area (Å²) in [6.07, 6.45) is 1.98. The molecule has 3 nitrogen and oxygen atoms in total. The third-order valence-electron chi connectivity index (χ3n) is 3.85. The molecule has 2 rings (SSSR count). The fourth-order valence-electron chi connectivity index (χ4n) is 2.74. The molecule has 0 atom stereocenters. The van der Waals surface area contributed by atoms with Crippen LogP contribution in [0.2, 0.25) is 0 Å². The standard InChI is InChI=1S/C17H25N3/c1-6-18-9-16-10-19-15(5)20(16)11-17-13(3)7-12(2)8-14(17)4/h7-8,10,18H,6,9,11H2,1-5H3. The van der Waals surface area contributed by atoms with E-state index in [1.165, 1.54) is 27.9 Å². The lowest BCUT2D eigenvalue weighted by atomic mass is 9.99. The molecule has 0 fully saturated rings. The minimum absolute atomic E-state index is 0.876. The van der Waals surface area contributed by atoms with Crippen LogP contribution in [0.1, 0.15) is 40.7 Å². The first-order chi connectivity index (χ1) is 9.52. The molecule has 0 aliphatic carbocycles. The molecule has 1 aromatic carbocycles. The molecule has 1 aromatic heterocycles. The highest BCUT2D eigenvalue weighted by atomic mass is 15.1. The summed E-state index contributed by atoms with van der Waals surface area (Å²) in [5.74, 6) is 1.08. The zero-order chi connectivity index (χ0) is 14.7. The monoisotopic (exact) mass is 271 g/mol. The third-order valence-corrected chi connectivity index (χ3v) is 3.85. The van der Waals surface area contributed by atoms with Crippen LogP contribution < -0.4 is 5.32 Å². The van der Waals surface area contributed by atoms with Gasteiger partial charge >= 0.3 is 0 Å². The summed E-state index contributed by atoms with van der Waals surface area (Å²) in [4.78, 5) is 4.47. The van der Waals surface area contributed by atoms with Gasteiger partial charge in [0.05, 0.1) is 5.69 Å². The fourth-order valence-corrected chi connectivity index (χ4v) is 2.74. The van der Waals surface area contributed by atoms with E-state index < -0.39 is 0 Å². The van der Waals surface area contributed by atoms with Crippen molar-refractivity contribution in [2.24, 2.45) is 0 Å². The van der Waals surface area contributed by atoms with Gasteiger partial charge in [-0.05, 0) is 50.9 Å². The molecule has 1 heterocycles. The number of aryl methyl sites for hydroxylation is 4. The molecule has 0 radical (unpaired) electrons. The molecular weight excluding hydrogens is 246 g/mol. The average Bonchev–Trinajstić information content (AvgIpc) is 2.72. The van der Waals surface area contributed by atoms with Crippen molar-refractivity contribution in [1.29, 1.82) is 0 Å². The van der Waals surface area contributed by atoms with E-state index in [4.69, 9.17) is 0 Å². The fraction of sp³-hybridized carbons (Fsp3) is 0.471. The van der Waals surface area contributed by atoms with Crippen molar-refractivity contribution >= 4 is 0 Å². The Morgan fingerprint density at radius 3 is 2.35 bits per heavy atom. The average molecular weight is 271 g/mol. The Hall–Kier alpha value is -1.61. The highest BCUT2D eigenvalue weighted by Crippen LogP contribution is 2.19. The van der Waals surface area contributed by atoms with Crippen LogP contribution in [0, 0.1) is 27.7 Å². The van der Waals surface area contributed by atoms with Crippen LogP contribution in [0.3, 0.4) is 0 Å². The Bertz CT molecular complexity index is 573. The molecule has 0 bridgehead atoms. The van der Waals surface area contributed by atoms with Gasteiger partial charge in [-0.1, -0.05) is 24.6 Å². The second-order valence-corrected chi connectivity index (χ2v) is 5.54. The largest absolute Gasteiger partial charge is 0.327 e. The van der Waals surface area contributed by atoms with Crippen LogP contribution in [-0.2, 0) is 13.1 Å². The van der Waals surface area contributed by atoms with Crippen molar-refractivity contribution in [3.8, 4) is 0 Å². The number of imidazole rings is 1. The van der Waals surface area contributed by atoms with Crippen molar-refractivity contribution in [3.05, 3.63) is 52.1 Å². The Morgan fingerprint density at radius 1 is 1.10 bits per heavy atom. The Balaban J connectivity index is 2.32. The van der Waals surface area contributed by atoms with E-state index in [9.17, 15) is 0 Å². The summed E-state index contributed by atoms with van der Waals surface area (Å²) >= 11 is 0. The Kier molecular flexibility index (Phi) is 4.61. The highest BCUT2D eigenvalue weighted by molar-refractivity contribution is 5.38. The van der Waals surface area contributed by atoms with Gasteiger partial charge in [0.25, 0.3) is 0 Å². The third kappa shape index (κ3) is 3.10. The molecule has 0 saturated heterocycles. The van der Waals surface area contributed by atoms with Crippen LogP contribution in [0.25, 0.3) is 0 Å². The normalized spacial score (nSPS) is 11.1. The summed E-state index contributed by atoms with van der Waals surface area (Å²) in [5, 5.41) is 3.38. The van der Waals surface area contributed by atoms with Gasteiger partial charge in [0.1, 0.15) is 5.82 Å². The number of benzene rings is 1. The lowest BCUT2D eigenvalue weighted by molar-refractivity contribution is 0.644. The molecule has 108 valence electrons. The molecule has 20 heavy (non-hydrogen) atoms. The van der Waals surface area contributed by atoms with Crippen LogP contribution in [0.15, 0.2) is 18.3 Å². The van der Waals surface area contributed by atoms with Crippen molar-refractivity contribution in [1.82, 2.24) is 14.9 Å². The van der Waals surface area contributed by atoms with Crippen molar-refractivity contribution in [3.63, 3.8) is 0 Å². The molecule has 2 aromatic rings. The van der Waals surface area contributed by atoms with E-state index in [2.05, 4.69) is 61.6 Å². The summed E-state index contributed by atoms with van der Waals surface area (Å²) in [6.45, 7) is 13.5. The van der Waals surface area contributed by atoms with E-state index in [1.807, 2.05) is 6.20 Å². The van der Waals surface area contributed by atoms with Gasteiger partial charge in [-0.25, -0.2) is 4.98 Å². The predicted octanol–water partition coefficient (Wildman–Crippen LogP) is 3.27. The number of hydrogen-bond acceptors (Lipinski definition) is 2. The number of hydrogen-bond donors (Lipinski definition) is 1. The first-order valence-electron chi connectivity index (χ1n) is 7.31. The Labute approximate surface area is 122 Å². The maximum atomic E-state index is 4.47. The predicted molar refractivity (Wildman–Crippen MR) is 84.1 cm³/mol. The van der Waals surface area contributed by atoms with Gasteiger partial charge in [0.2, 0.25) is 0 Å².